The van der Waals surface area contributed by atoms with E-state index in [4.69, 9.17) is 0 Å². The third-order valence-electron chi connectivity index (χ3n) is 11.6. The van der Waals surface area contributed by atoms with E-state index in [1.165, 1.54) is 128 Å². The molecule has 0 fully saturated rings. The van der Waals surface area contributed by atoms with Gasteiger partial charge in [-0.15, -0.1) is 0 Å². The van der Waals surface area contributed by atoms with Crippen molar-refractivity contribution >= 4 is 17.3 Å². The van der Waals surface area contributed by atoms with Gasteiger partial charge in [0.05, 0.1) is 0 Å². The number of aliphatic hydroxyl groups is 3. The first-order chi connectivity index (χ1) is 26.8. The average Bonchev–Trinajstić information content (AvgIpc) is 3.19. The van der Waals surface area contributed by atoms with E-state index in [1.807, 2.05) is 0 Å². The Bertz CT molecular complexity index is 869. The van der Waals surface area contributed by atoms with Crippen LogP contribution in [-0.2, 0) is 14.4 Å². The van der Waals surface area contributed by atoms with Crippen LogP contribution in [0.1, 0.15) is 265 Å². The maximum Gasteiger partial charge on any atom is 0.189 e. The van der Waals surface area contributed by atoms with Gasteiger partial charge in [0, 0.05) is 19.3 Å². The first-order valence-corrected chi connectivity index (χ1v) is 24.1. The summed E-state index contributed by atoms with van der Waals surface area (Å²) in [6, 6.07) is 0. The Kier molecular flexibility index (Phi) is 38.5. The smallest absolute Gasteiger partial charge is 0.189 e. The van der Waals surface area contributed by atoms with Gasteiger partial charge in [-0.05, 0) is 44.9 Å². The van der Waals surface area contributed by atoms with E-state index in [0.717, 1.165) is 77.0 Å². The molecule has 55 heavy (non-hydrogen) atoms. The predicted octanol–water partition coefficient (Wildman–Crippen LogP) is 13.6. The Morgan fingerprint density at radius 2 is 0.618 bits per heavy atom. The zero-order valence-corrected chi connectivity index (χ0v) is 36.7. The highest BCUT2D eigenvalue weighted by Gasteiger charge is 2.53. The monoisotopic (exact) mass is 777 g/mol. The number of allylic oxidation sites excluding steroid dienone is 2. The number of ketones is 3. The van der Waals surface area contributed by atoms with Gasteiger partial charge in [0.2, 0.25) is 0 Å². The van der Waals surface area contributed by atoms with Crippen molar-refractivity contribution in [3.8, 4) is 0 Å². The molecule has 0 aliphatic heterocycles. The van der Waals surface area contributed by atoms with Crippen LogP contribution >= 0.6 is 0 Å². The molecule has 2 atom stereocenters. The number of aliphatic hydroxyl groups excluding tert-OH is 2. The highest BCUT2D eigenvalue weighted by molar-refractivity contribution is 6.01. The summed E-state index contributed by atoms with van der Waals surface area (Å²) in [6.45, 7) is 6.70. The molecule has 0 radical (unpaired) electrons. The van der Waals surface area contributed by atoms with Crippen LogP contribution in [0.3, 0.4) is 0 Å². The van der Waals surface area contributed by atoms with Gasteiger partial charge in [-0.2, -0.15) is 0 Å². The number of carbonyl (C=O) groups excluding carboxylic acids is 3. The maximum absolute atomic E-state index is 13.5. The van der Waals surface area contributed by atoms with Crippen molar-refractivity contribution in [1.82, 2.24) is 0 Å². The third-order valence-corrected chi connectivity index (χ3v) is 11.6. The van der Waals surface area contributed by atoms with Crippen LogP contribution < -0.4 is 0 Å². The van der Waals surface area contributed by atoms with E-state index in [9.17, 15) is 29.7 Å². The SMILES string of the molecule is CCCCCCCCC=CCCCCCCCC(=O)C(O)(C(O)C(=O)CCCCCCCCCCCCC)C(O)C(=O)CCCCCCCCCCCCC. The second-order valence-electron chi connectivity index (χ2n) is 16.9. The van der Waals surface area contributed by atoms with Crippen LogP contribution in [0.2, 0.25) is 0 Å². The summed E-state index contributed by atoms with van der Waals surface area (Å²) in [5.74, 6) is -2.14. The molecule has 0 saturated carbocycles. The number of hydrogen-bond acceptors (Lipinski definition) is 6. The lowest BCUT2D eigenvalue weighted by Gasteiger charge is -2.34. The largest absolute Gasteiger partial charge is 0.382 e. The lowest BCUT2D eigenvalue weighted by Crippen LogP contribution is -2.63. The van der Waals surface area contributed by atoms with Crippen molar-refractivity contribution < 1.29 is 29.7 Å². The van der Waals surface area contributed by atoms with Gasteiger partial charge in [0.15, 0.2) is 35.2 Å². The standard InChI is InChI=1S/C49H92O6/c1-4-7-10-13-16-19-22-23-24-25-28-31-34-37-40-43-46(52)49(55,47(53)44(50)41-38-35-32-29-26-20-17-14-11-8-5-2)48(54)45(51)42-39-36-33-30-27-21-18-15-12-9-6-3/h23-24,47-48,53-55H,4-22,25-43H2,1-3H3. The normalized spacial score (nSPS) is 14.0. The summed E-state index contributed by atoms with van der Waals surface area (Å²) in [7, 11) is 0. The molecule has 0 heterocycles. The number of Topliss-reactive ketones (excluding diaryl/α,β-unsaturated/α-hetero) is 3. The van der Waals surface area contributed by atoms with Crippen molar-refractivity contribution in [3.63, 3.8) is 0 Å². The first kappa shape index (κ1) is 53.6. The molecule has 0 aliphatic carbocycles. The number of hydrogen-bond donors (Lipinski definition) is 3. The van der Waals surface area contributed by atoms with Crippen LogP contribution in [0.5, 0.6) is 0 Å². The van der Waals surface area contributed by atoms with Crippen molar-refractivity contribution in [2.24, 2.45) is 0 Å². The Labute approximate surface area is 340 Å². The highest BCUT2D eigenvalue weighted by atomic mass is 16.4. The van der Waals surface area contributed by atoms with Crippen LogP contribution in [0, 0.1) is 0 Å². The molecule has 0 aromatic heterocycles. The van der Waals surface area contributed by atoms with Gasteiger partial charge in [0.1, 0.15) is 0 Å². The van der Waals surface area contributed by atoms with Crippen molar-refractivity contribution in [3.05, 3.63) is 12.2 Å². The topological polar surface area (TPSA) is 112 Å². The van der Waals surface area contributed by atoms with Crippen LogP contribution in [0.25, 0.3) is 0 Å². The Morgan fingerprint density at radius 1 is 0.382 bits per heavy atom. The minimum Gasteiger partial charge on any atom is -0.382 e. The molecule has 0 aliphatic rings. The quantitative estimate of drug-likeness (QED) is 0.0420. The van der Waals surface area contributed by atoms with E-state index >= 15 is 0 Å². The maximum atomic E-state index is 13.5. The molecule has 324 valence electrons. The molecule has 3 N–H and O–H groups in total. The van der Waals surface area contributed by atoms with E-state index in [2.05, 4.69) is 32.9 Å². The fourth-order valence-corrected chi connectivity index (χ4v) is 7.70. The zero-order valence-electron chi connectivity index (χ0n) is 36.7. The summed E-state index contributed by atoms with van der Waals surface area (Å²) in [5, 5.41) is 33.9. The molecule has 0 saturated heterocycles. The minimum absolute atomic E-state index is 0.0146. The molecule has 0 rings (SSSR count). The predicted molar refractivity (Wildman–Crippen MR) is 234 cm³/mol. The fourth-order valence-electron chi connectivity index (χ4n) is 7.70. The van der Waals surface area contributed by atoms with Gasteiger partial charge in [0.25, 0.3) is 0 Å². The van der Waals surface area contributed by atoms with Crippen LogP contribution in [0.15, 0.2) is 12.2 Å². The number of carbonyl (C=O) groups is 3. The average molecular weight is 777 g/mol. The summed E-state index contributed by atoms with van der Waals surface area (Å²) in [4.78, 5) is 39.9. The van der Waals surface area contributed by atoms with Gasteiger partial charge in [-0.1, -0.05) is 213 Å². The van der Waals surface area contributed by atoms with Crippen LogP contribution in [-0.4, -0.2) is 50.5 Å². The van der Waals surface area contributed by atoms with Gasteiger partial charge in [-0.25, -0.2) is 0 Å². The molecule has 0 spiro atoms. The highest BCUT2D eigenvalue weighted by Crippen LogP contribution is 2.26. The fraction of sp³-hybridized carbons (Fsp3) is 0.898. The van der Waals surface area contributed by atoms with Gasteiger partial charge < -0.3 is 15.3 Å². The third kappa shape index (κ3) is 29.5. The molecular formula is C49H92O6. The summed E-state index contributed by atoms with van der Waals surface area (Å²) in [6.07, 6.45) is 39.4. The molecule has 0 aromatic rings. The van der Waals surface area contributed by atoms with E-state index < -0.39 is 35.2 Å². The van der Waals surface area contributed by atoms with E-state index in [-0.39, 0.29) is 19.3 Å². The molecule has 6 nitrogen and oxygen atoms in total. The van der Waals surface area contributed by atoms with Crippen molar-refractivity contribution in [2.45, 2.75) is 283 Å². The van der Waals surface area contributed by atoms with E-state index in [0.29, 0.717) is 19.3 Å². The summed E-state index contributed by atoms with van der Waals surface area (Å²) >= 11 is 0. The first-order valence-electron chi connectivity index (χ1n) is 24.1. The van der Waals surface area contributed by atoms with E-state index in [1.54, 1.807) is 0 Å². The Hall–Kier alpha value is -1.37. The number of unbranched alkanes of at least 4 members (excludes halogenated alkanes) is 31. The Balaban J connectivity index is 4.83. The molecule has 2 unspecified atom stereocenters. The Morgan fingerprint density at radius 3 is 0.909 bits per heavy atom. The minimum atomic E-state index is -2.80. The van der Waals surface area contributed by atoms with Crippen LogP contribution in [0.4, 0.5) is 0 Å². The second kappa shape index (κ2) is 39.5. The second-order valence-corrected chi connectivity index (χ2v) is 16.9. The molecule has 0 aromatic carbocycles. The number of rotatable bonds is 44. The lowest BCUT2D eigenvalue weighted by molar-refractivity contribution is -0.181. The molecule has 0 bridgehead atoms. The zero-order chi connectivity index (χ0) is 40.7. The molecule has 6 heteroatoms. The van der Waals surface area contributed by atoms with Crippen molar-refractivity contribution in [1.29, 1.82) is 0 Å². The van der Waals surface area contributed by atoms with Crippen molar-refractivity contribution in [2.75, 3.05) is 0 Å². The summed E-state index contributed by atoms with van der Waals surface area (Å²) in [5.41, 5.74) is -2.80. The molecular weight excluding hydrogens is 685 g/mol. The lowest BCUT2D eigenvalue weighted by atomic mass is 9.78. The molecule has 0 amide bonds. The van der Waals surface area contributed by atoms with Gasteiger partial charge in [-0.3, -0.25) is 14.4 Å². The van der Waals surface area contributed by atoms with Gasteiger partial charge >= 0.3 is 0 Å². The summed E-state index contributed by atoms with van der Waals surface area (Å²) < 4.78 is 0.